The zero-order chi connectivity index (χ0) is 26.8. The van der Waals surface area contributed by atoms with Crippen molar-refractivity contribution >= 4 is 46.5 Å². The summed E-state index contributed by atoms with van der Waals surface area (Å²) < 4.78 is 1.56. The van der Waals surface area contributed by atoms with Crippen LogP contribution in [0.25, 0.3) is 33.6 Å². The highest BCUT2D eigenvalue weighted by molar-refractivity contribution is 7.13. The Bertz CT molecular complexity index is 1580. The zero-order valence-corrected chi connectivity index (χ0v) is 23.5. The van der Waals surface area contributed by atoms with Gasteiger partial charge in [-0.1, -0.05) is 53.0 Å². The minimum absolute atomic E-state index is 0.0891. The highest BCUT2D eigenvalue weighted by Crippen LogP contribution is 2.32. The Morgan fingerprint density at radius 2 is 1.71 bits per heavy atom. The van der Waals surface area contributed by atoms with Gasteiger partial charge in [0.2, 0.25) is 0 Å². The van der Waals surface area contributed by atoms with E-state index in [1.165, 1.54) is 11.3 Å². The van der Waals surface area contributed by atoms with Crippen LogP contribution < -0.4 is 5.56 Å². The lowest BCUT2D eigenvalue weighted by atomic mass is 10.0. The van der Waals surface area contributed by atoms with Crippen molar-refractivity contribution < 1.29 is 4.79 Å². The van der Waals surface area contributed by atoms with E-state index in [-0.39, 0.29) is 11.5 Å². The third-order valence-corrected chi connectivity index (χ3v) is 7.95. The number of amides is 1. The standard InChI is InChI=1S/C30H27Cl2N3O2S/c1-19(2)16-27-22(29(36)34-14-6-3-7-15-34)17-23(30(37)35(27)26-9-5-4-8-24(26)32)28-33-25(18-38-28)20-10-12-21(31)13-11-20/h4-5,8-13,16-18H,3,6-7,14-15H2,1-2H3. The molecule has 2 aromatic heterocycles. The first-order valence-corrected chi connectivity index (χ1v) is 14.2. The molecular weight excluding hydrogens is 537 g/mol. The lowest BCUT2D eigenvalue weighted by molar-refractivity contribution is 0.0723. The number of thiazole rings is 1. The summed E-state index contributed by atoms with van der Waals surface area (Å²) in [4.78, 5) is 34.8. The van der Waals surface area contributed by atoms with Crippen LogP contribution in [0, 0.1) is 0 Å². The summed E-state index contributed by atoms with van der Waals surface area (Å²) in [5.41, 5.74) is 4.19. The number of rotatable bonds is 5. The van der Waals surface area contributed by atoms with Gasteiger partial charge in [0, 0.05) is 29.1 Å². The minimum atomic E-state index is -0.280. The number of para-hydroxylation sites is 1. The number of benzene rings is 2. The van der Waals surface area contributed by atoms with Crippen molar-refractivity contribution in [3.05, 3.63) is 97.2 Å². The summed E-state index contributed by atoms with van der Waals surface area (Å²) in [6.07, 6.45) is 4.93. The smallest absolute Gasteiger partial charge is 0.265 e. The number of aromatic nitrogens is 2. The van der Waals surface area contributed by atoms with Gasteiger partial charge in [0.1, 0.15) is 5.01 Å². The van der Waals surface area contributed by atoms with Crippen LogP contribution in [0.3, 0.4) is 0 Å². The normalized spacial score (nSPS) is 13.4. The van der Waals surface area contributed by atoms with Crippen LogP contribution in [-0.4, -0.2) is 33.4 Å². The average Bonchev–Trinajstić information content (AvgIpc) is 3.40. The second kappa shape index (κ2) is 11.3. The molecule has 0 bridgehead atoms. The number of halogens is 2. The molecule has 0 aliphatic carbocycles. The van der Waals surface area contributed by atoms with Crippen LogP contribution >= 0.6 is 34.5 Å². The zero-order valence-electron chi connectivity index (χ0n) is 21.2. The van der Waals surface area contributed by atoms with E-state index in [2.05, 4.69) is 0 Å². The first-order chi connectivity index (χ1) is 18.3. The van der Waals surface area contributed by atoms with E-state index in [0.717, 1.165) is 36.1 Å². The maximum Gasteiger partial charge on any atom is 0.265 e. The maximum atomic E-state index is 14.2. The van der Waals surface area contributed by atoms with E-state index in [1.807, 2.05) is 66.6 Å². The Balaban J connectivity index is 1.76. The van der Waals surface area contributed by atoms with Gasteiger partial charge in [0.05, 0.1) is 33.2 Å². The maximum absolute atomic E-state index is 14.2. The van der Waals surface area contributed by atoms with Crippen LogP contribution in [0.2, 0.25) is 10.0 Å². The van der Waals surface area contributed by atoms with Crippen molar-refractivity contribution in [2.24, 2.45) is 0 Å². The highest BCUT2D eigenvalue weighted by atomic mass is 35.5. The molecule has 5 nitrogen and oxygen atoms in total. The molecule has 1 saturated heterocycles. The van der Waals surface area contributed by atoms with Gasteiger partial charge in [0.25, 0.3) is 11.5 Å². The Labute approximate surface area is 236 Å². The molecule has 0 radical (unpaired) electrons. The number of carbonyl (C=O) groups excluding carboxylic acids is 1. The van der Waals surface area contributed by atoms with Crippen LogP contribution in [0.15, 0.2) is 70.3 Å². The number of hydrogen-bond acceptors (Lipinski definition) is 4. The Hall–Kier alpha value is -3.19. The van der Waals surface area contributed by atoms with Gasteiger partial charge in [-0.15, -0.1) is 11.3 Å². The van der Waals surface area contributed by atoms with Gasteiger partial charge in [-0.25, -0.2) is 4.98 Å². The lowest BCUT2D eigenvalue weighted by Crippen LogP contribution is -2.37. The largest absolute Gasteiger partial charge is 0.339 e. The van der Waals surface area contributed by atoms with E-state index in [9.17, 15) is 9.59 Å². The monoisotopic (exact) mass is 563 g/mol. The van der Waals surface area contributed by atoms with E-state index in [0.29, 0.717) is 50.7 Å². The Kier molecular flexibility index (Phi) is 7.84. The molecule has 0 N–H and O–H groups in total. The number of nitrogens with zero attached hydrogens (tertiary/aromatic N) is 3. The lowest BCUT2D eigenvalue weighted by Gasteiger charge is -2.28. The highest BCUT2D eigenvalue weighted by Gasteiger charge is 2.26. The van der Waals surface area contributed by atoms with Crippen LogP contribution in [-0.2, 0) is 0 Å². The van der Waals surface area contributed by atoms with Gasteiger partial charge in [-0.05, 0) is 69.5 Å². The Morgan fingerprint density at radius 3 is 2.39 bits per heavy atom. The quantitative estimate of drug-likeness (QED) is 0.247. The molecule has 1 amide bonds. The molecule has 38 heavy (non-hydrogen) atoms. The van der Waals surface area contributed by atoms with E-state index < -0.39 is 0 Å². The molecule has 0 spiro atoms. The molecule has 1 fully saturated rings. The average molecular weight is 565 g/mol. The van der Waals surface area contributed by atoms with Crippen LogP contribution in [0.1, 0.15) is 49.2 Å². The predicted molar refractivity (Wildman–Crippen MR) is 158 cm³/mol. The van der Waals surface area contributed by atoms with Crippen molar-refractivity contribution in [3.8, 4) is 27.5 Å². The molecule has 0 unspecified atom stereocenters. The van der Waals surface area contributed by atoms with Crippen molar-refractivity contribution in [1.82, 2.24) is 14.5 Å². The molecule has 1 aliphatic rings. The van der Waals surface area contributed by atoms with Crippen molar-refractivity contribution in [2.75, 3.05) is 13.1 Å². The van der Waals surface area contributed by atoms with Crippen molar-refractivity contribution in [1.29, 1.82) is 0 Å². The van der Waals surface area contributed by atoms with Gasteiger partial charge >= 0.3 is 0 Å². The van der Waals surface area contributed by atoms with E-state index in [1.54, 1.807) is 22.8 Å². The number of carbonyl (C=O) groups is 1. The molecule has 194 valence electrons. The fourth-order valence-corrected chi connectivity index (χ4v) is 5.84. The first kappa shape index (κ1) is 26.4. The summed E-state index contributed by atoms with van der Waals surface area (Å²) in [6, 6.07) is 16.3. The summed E-state index contributed by atoms with van der Waals surface area (Å²) in [7, 11) is 0. The SMILES string of the molecule is CC(C)=Cc1c(C(=O)N2CCCCC2)cc(-c2nc(-c3ccc(Cl)cc3)cs2)c(=O)n1-c1ccccc1Cl. The van der Waals surface area contributed by atoms with Crippen LogP contribution in [0.4, 0.5) is 0 Å². The molecule has 8 heteroatoms. The fraction of sp³-hybridized carbons (Fsp3) is 0.233. The number of allylic oxidation sites excluding steroid dienone is 1. The van der Waals surface area contributed by atoms with Gasteiger partial charge in [-0.3, -0.25) is 14.2 Å². The molecule has 2 aromatic carbocycles. The van der Waals surface area contributed by atoms with Gasteiger partial charge < -0.3 is 4.90 Å². The first-order valence-electron chi connectivity index (χ1n) is 12.5. The molecular formula is C30H27Cl2N3O2S. The number of piperidine rings is 1. The molecule has 0 atom stereocenters. The van der Waals surface area contributed by atoms with Crippen LogP contribution in [0.5, 0.6) is 0 Å². The van der Waals surface area contributed by atoms with Crippen molar-refractivity contribution in [2.45, 2.75) is 33.1 Å². The fourth-order valence-electron chi connectivity index (χ4n) is 4.66. The number of likely N-dealkylation sites (tertiary alicyclic amines) is 1. The summed E-state index contributed by atoms with van der Waals surface area (Å²) in [5.74, 6) is -0.0891. The van der Waals surface area contributed by atoms with E-state index >= 15 is 0 Å². The minimum Gasteiger partial charge on any atom is -0.339 e. The van der Waals surface area contributed by atoms with Gasteiger partial charge in [0.15, 0.2) is 0 Å². The summed E-state index contributed by atoms with van der Waals surface area (Å²) >= 11 is 14.0. The van der Waals surface area contributed by atoms with E-state index in [4.69, 9.17) is 28.2 Å². The number of hydrogen-bond donors (Lipinski definition) is 0. The summed E-state index contributed by atoms with van der Waals surface area (Å²) in [6.45, 7) is 5.30. The molecule has 4 aromatic rings. The topological polar surface area (TPSA) is 55.2 Å². The molecule has 3 heterocycles. The second-order valence-electron chi connectivity index (χ2n) is 9.57. The van der Waals surface area contributed by atoms with Gasteiger partial charge in [-0.2, -0.15) is 0 Å². The Morgan fingerprint density at radius 1 is 1.00 bits per heavy atom. The number of pyridine rings is 1. The molecule has 0 saturated carbocycles. The molecule has 5 rings (SSSR count). The summed E-state index contributed by atoms with van der Waals surface area (Å²) in [5, 5.41) is 3.51. The molecule has 1 aliphatic heterocycles. The van der Waals surface area contributed by atoms with Crippen molar-refractivity contribution in [3.63, 3.8) is 0 Å². The third kappa shape index (κ3) is 5.35. The second-order valence-corrected chi connectivity index (χ2v) is 11.3. The predicted octanol–water partition coefficient (Wildman–Crippen LogP) is 7.98. The third-order valence-electron chi connectivity index (χ3n) is 6.51.